The number of rotatable bonds is 6. The van der Waals surface area contributed by atoms with E-state index in [9.17, 15) is 22.4 Å². The number of halogens is 1. The highest BCUT2D eigenvalue weighted by Crippen LogP contribution is 2.14. The van der Waals surface area contributed by atoms with Gasteiger partial charge >= 0.3 is 0 Å². The molecule has 3 rings (SSSR count). The molecule has 2 N–H and O–H groups in total. The fourth-order valence-electron chi connectivity index (χ4n) is 2.66. The first kappa shape index (κ1) is 19.6. The number of carbonyl (C=O) groups is 1. The average molecular weight is 404 g/mol. The summed E-state index contributed by atoms with van der Waals surface area (Å²) in [7, 11) is -4.33. The normalized spacial score (nSPS) is 11.5. The Kier molecular flexibility index (Phi) is 5.52. The third-order valence-corrected chi connectivity index (χ3v) is 5.22. The quantitative estimate of drug-likeness (QED) is 0.606. The number of aromatic nitrogens is 2. The topological polar surface area (TPSA) is 110 Å². The molecule has 0 aliphatic rings. The van der Waals surface area contributed by atoms with E-state index in [0.717, 1.165) is 16.8 Å². The van der Waals surface area contributed by atoms with Crippen LogP contribution in [0.4, 0.5) is 4.39 Å². The lowest BCUT2D eigenvalue weighted by Crippen LogP contribution is -2.43. The summed E-state index contributed by atoms with van der Waals surface area (Å²) in [6.07, 6.45) is 0.617. The summed E-state index contributed by atoms with van der Waals surface area (Å²) in [4.78, 5) is 26.3. The zero-order chi connectivity index (χ0) is 20.3. The molecule has 28 heavy (non-hydrogen) atoms. The minimum Gasteiger partial charge on any atom is -0.272 e. The summed E-state index contributed by atoms with van der Waals surface area (Å²) < 4.78 is 39.4. The molecule has 0 radical (unpaired) electrons. The molecule has 8 nitrogen and oxygen atoms in total. The molecule has 1 heterocycles. The predicted molar refractivity (Wildman–Crippen MR) is 100 cm³/mol. The standard InChI is InChI=1S/C18H17FN4O4S/c1-2-11-23-18(25)13-8-4-3-7-12(13)16(21-23)17(24)20-22-28(26,27)15-10-6-5-9-14(15)19/h3-10,22H,2,11H2,1H3,(H,20,24). The third kappa shape index (κ3) is 3.78. The summed E-state index contributed by atoms with van der Waals surface area (Å²) in [5, 5.41) is 4.63. The molecule has 0 bridgehead atoms. The minimum atomic E-state index is -4.33. The number of carbonyl (C=O) groups excluding carboxylic acids is 1. The Hall–Kier alpha value is -3.11. The maximum absolute atomic E-state index is 13.7. The minimum absolute atomic E-state index is 0.125. The summed E-state index contributed by atoms with van der Waals surface area (Å²) in [6, 6.07) is 11.2. The van der Waals surface area contributed by atoms with Crippen LogP contribution in [0.2, 0.25) is 0 Å². The first-order chi connectivity index (χ1) is 13.3. The molecular formula is C18H17FN4O4S. The van der Waals surface area contributed by atoms with E-state index in [1.54, 1.807) is 24.3 Å². The lowest BCUT2D eigenvalue weighted by molar-refractivity contribution is 0.0939. The Bertz CT molecular complexity index is 1210. The lowest BCUT2D eigenvalue weighted by atomic mass is 10.1. The summed E-state index contributed by atoms with van der Waals surface area (Å²) in [6.45, 7) is 2.15. The van der Waals surface area contributed by atoms with Gasteiger partial charge in [0.25, 0.3) is 21.5 Å². The smallest absolute Gasteiger partial charge is 0.272 e. The molecule has 0 saturated carbocycles. The van der Waals surface area contributed by atoms with Crippen molar-refractivity contribution in [1.29, 1.82) is 0 Å². The van der Waals surface area contributed by atoms with Gasteiger partial charge in [0.2, 0.25) is 0 Å². The maximum Gasteiger partial charge on any atom is 0.287 e. The monoisotopic (exact) mass is 404 g/mol. The van der Waals surface area contributed by atoms with Crippen LogP contribution in [0.25, 0.3) is 10.8 Å². The predicted octanol–water partition coefficient (Wildman–Crippen LogP) is 1.57. The molecule has 10 heteroatoms. The highest BCUT2D eigenvalue weighted by Gasteiger charge is 2.22. The van der Waals surface area contributed by atoms with E-state index in [1.807, 2.05) is 17.2 Å². The zero-order valence-corrected chi connectivity index (χ0v) is 15.7. The van der Waals surface area contributed by atoms with Crippen LogP contribution in [0.3, 0.4) is 0 Å². The van der Waals surface area contributed by atoms with Crippen LogP contribution >= 0.6 is 0 Å². The number of sulfonamides is 1. The van der Waals surface area contributed by atoms with Gasteiger partial charge in [-0.2, -0.15) is 5.10 Å². The van der Waals surface area contributed by atoms with Crippen molar-refractivity contribution in [1.82, 2.24) is 20.0 Å². The van der Waals surface area contributed by atoms with Crippen LogP contribution in [0.5, 0.6) is 0 Å². The van der Waals surface area contributed by atoms with Gasteiger partial charge in [0.15, 0.2) is 5.69 Å². The van der Waals surface area contributed by atoms with E-state index < -0.39 is 26.6 Å². The van der Waals surface area contributed by atoms with Crippen LogP contribution in [0.15, 0.2) is 58.2 Å². The van der Waals surface area contributed by atoms with E-state index >= 15 is 0 Å². The molecule has 146 valence electrons. The zero-order valence-electron chi connectivity index (χ0n) is 14.8. The van der Waals surface area contributed by atoms with Gasteiger partial charge in [-0.15, -0.1) is 4.83 Å². The molecule has 1 amide bonds. The van der Waals surface area contributed by atoms with E-state index in [2.05, 4.69) is 5.10 Å². The molecule has 0 aliphatic carbocycles. The fourth-order valence-corrected chi connectivity index (χ4v) is 3.58. The molecule has 2 aromatic carbocycles. The summed E-state index contributed by atoms with van der Waals surface area (Å²) in [5.41, 5.74) is 1.55. The van der Waals surface area contributed by atoms with Gasteiger partial charge in [-0.05, 0) is 24.6 Å². The van der Waals surface area contributed by atoms with Crippen molar-refractivity contribution in [3.05, 3.63) is 70.4 Å². The Morgan fingerprint density at radius 3 is 2.43 bits per heavy atom. The van der Waals surface area contributed by atoms with E-state index in [0.29, 0.717) is 13.0 Å². The Balaban J connectivity index is 1.95. The number of amides is 1. The number of hydrogen-bond acceptors (Lipinski definition) is 5. The van der Waals surface area contributed by atoms with Crippen molar-refractivity contribution in [2.45, 2.75) is 24.8 Å². The number of benzene rings is 2. The lowest BCUT2D eigenvalue weighted by Gasteiger charge is -2.12. The van der Waals surface area contributed by atoms with Gasteiger partial charge < -0.3 is 0 Å². The van der Waals surface area contributed by atoms with E-state index in [4.69, 9.17) is 0 Å². The Morgan fingerprint density at radius 1 is 1.11 bits per heavy atom. The van der Waals surface area contributed by atoms with Gasteiger partial charge in [-0.3, -0.25) is 15.0 Å². The van der Waals surface area contributed by atoms with Gasteiger partial charge in [0.1, 0.15) is 10.7 Å². The van der Waals surface area contributed by atoms with Crippen molar-refractivity contribution in [3.63, 3.8) is 0 Å². The van der Waals surface area contributed by atoms with Crippen LogP contribution in [0.1, 0.15) is 23.8 Å². The number of hydrogen-bond donors (Lipinski definition) is 2. The fraction of sp³-hybridized carbons (Fsp3) is 0.167. The first-order valence-electron chi connectivity index (χ1n) is 8.41. The average Bonchev–Trinajstić information content (AvgIpc) is 2.69. The largest absolute Gasteiger partial charge is 0.287 e. The second-order valence-electron chi connectivity index (χ2n) is 5.91. The number of nitrogens with zero attached hydrogens (tertiary/aromatic N) is 2. The molecule has 0 fully saturated rings. The number of fused-ring (bicyclic) bond motifs is 1. The Labute approximate surface area is 160 Å². The van der Waals surface area contributed by atoms with Gasteiger partial charge in [0.05, 0.1) is 5.39 Å². The molecule has 0 atom stereocenters. The van der Waals surface area contributed by atoms with Gasteiger partial charge in [0, 0.05) is 11.9 Å². The molecule has 1 aromatic heterocycles. The van der Waals surface area contributed by atoms with Gasteiger partial charge in [-0.1, -0.05) is 37.3 Å². The van der Waals surface area contributed by atoms with Crippen molar-refractivity contribution in [3.8, 4) is 0 Å². The summed E-state index contributed by atoms with van der Waals surface area (Å²) in [5.74, 6) is -1.83. The van der Waals surface area contributed by atoms with E-state index in [1.165, 1.54) is 12.1 Å². The number of hydrazine groups is 1. The van der Waals surface area contributed by atoms with Gasteiger partial charge in [-0.25, -0.2) is 17.5 Å². The molecule has 0 spiro atoms. The van der Waals surface area contributed by atoms with Crippen LogP contribution in [-0.2, 0) is 16.6 Å². The molecule has 3 aromatic rings. The maximum atomic E-state index is 13.7. The highest BCUT2D eigenvalue weighted by molar-refractivity contribution is 7.89. The second kappa shape index (κ2) is 7.87. The van der Waals surface area contributed by atoms with Crippen molar-refractivity contribution in [2.75, 3.05) is 0 Å². The van der Waals surface area contributed by atoms with Crippen molar-refractivity contribution >= 4 is 26.7 Å². The van der Waals surface area contributed by atoms with Crippen LogP contribution in [-0.4, -0.2) is 24.1 Å². The second-order valence-corrected chi connectivity index (χ2v) is 7.56. The van der Waals surface area contributed by atoms with E-state index in [-0.39, 0.29) is 22.0 Å². The Morgan fingerprint density at radius 2 is 1.75 bits per heavy atom. The van der Waals surface area contributed by atoms with Crippen LogP contribution < -0.4 is 15.8 Å². The first-order valence-corrected chi connectivity index (χ1v) is 9.90. The third-order valence-electron chi connectivity index (χ3n) is 3.94. The number of nitrogens with one attached hydrogen (secondary N) is 2. The SMILES string of the molecule is CCCn1nc(C(=O)NNS(=O)(=O)c2ccccc2F)c2ccccc2c1=O. The summed E-state index contributed by atoms with van der Waals surface area (Å²) >= 11 is 0. The van der Waals surface area contributed by atoms with Crippen molar-refractivity contribution in [2.24, 2.45) is 0 Å². The number of aryl methyl sites for hydroxylation is 1. The van der Waals surface area contributed by atoms with Crippen molar-refractivity contribution < 1.29 is 17.6 Å². The van der Waals surface area contributed by atoms with Crippen LogP contribution in [0, 0.1) is 5.82 Å². The molecule has 0 aliphatic heterocycles. The molecule has 0 unspecified atom stereocenters. The molecular weight excluding hydrogens is 387 g/mol. The highest BCUT2D eigenvalue weighted by atomic mass is 32.2. The molecule has 0 saturated heterocycles.